The van der Waals surface area contributed by atoms with E-state index in [1.165, 1.54) is 38.5 Å². The van der Waals surface area contributed by atoms with Crippen LogP contribution in [0.25, 0.3) is 0 Å². The van der Waals surface area contributed by atoms with Gasteiger partial charge in [0.05, 0.1) is 17.1 Å². The van der Waals surface area contributed by atoms with Gasteiger partial charge in [-0.25, -0.2) is 0 Å². The van der Waals surface area contributed by atoms with Gasteiger partial charge in [0.1, 0.15) is 0 Å². The van der Waals surface area contributed by atoms with Crippen LogP contribution in [0, 0.1) is 22.7 Å². The summed E-state index contributed by atoms with van der Waals surface area (Å²) in [6, 6.07) is 2.62. The maximum Gasteiger partial charge on any atom is 0.0860 e. The van der Waals surface area contributed by atoms with E-state index < -0.39 is 11.0 Å². The third kappa shape index (κ3) is 3.81. The second-order valence-electron chi connectivity index (χ2n) is 7.58. The van der Waals surface area contributed by atoms with Crippen LogP contribution in [0.5, 0.6) is 0 Å². The Morgan fingerprint density at radius 3 is 2.24 bits per heavy atom. The minimum Gasteiger partial charge on any atom is -0.388 e. The van der Waals surface area contributed by atoms with E-state index in [1.54, 1.807) is 0 Å². The molecule has 21 heavy (non-hydrogen) atoms. The van der Waals surface area contributed by atoms with Crippen molar-refractivity contribution in [1.29, 1.82) is 5.26 Å². The first-order valence-electron chi connectivity index (χ1n) is 9.29. The lowest BCUT2D eigenvalue weighted by atomic mass is 9.63. The molecule has 0 aromatic carbocycles. The molecule has 0 aliphatic heterocycles. The van der Waals surface area contributed by atoms with Gasteiger partial charge in [0.2, 0.25) is 0 Å². The molecular formula is C19H33NO. The first kappa shape index (κ1) is 16.8. The summed E-state index contributed by atoms with van der Waals surface area (Å²) in [5.41, 5.74) is -1.18. The fourth-order valence-electron chi connectivity index (χ4n) is 4.76. The summed E-state index contributed by atoms with van der Waals surface area (Å²) in [5.74, 6) is 0.772. The van der Waals surface area contributed by atoms with Gasteiger partial charge in [-0.1, -0.05) is 64.7 Å². The molecule has 120 valence electrons. The van der Waals surface area contributed by atoms with E-state index >= 15 is 0 Å². The lowest BCUT2D eigenvalue weighted by Gasteiger charge is -2.44. The molecule has 0 aromatic rings. The molecule has 2 aliphatic rings. The molecule has 2 heteroatoms. The maximum absolute atomic E-state index is 11.4. The summed E-state index contributed by atoms with van der Waals surface area (Å²) in [7, 11) is 0. The topological polar surface area (TPSA) is 44.0 Å². The number of aliphatic hydroxyl groups is 1. The number of rotatable bonds is 3. The highest BCUT2D eigenvalue weighted by Crippen LogP contribution is 2.49. The van der Waals surface area contributed by atoms with E-state index in [-0.39, 0.29) is 0 Å². The van der Waals surface area contributed by atoms with Crippen molar-refractivity contribution < 1.29 is 5.11 Å². The lowest BCUT2D eigenvalue weighted by molar-refractivity contribution is -0.0794. The molecule has 2 aliphatic carbocycles. The molecule has 0 amide bonds. The van der Waals surface area contributed by atoms with E-state index in [0.29, 0.717) is 0 Å². The highest BCUT2D eigenvalue weighted by Gasteiger charge is 2.50. The number of hydrogen-bond donors (Lipinski definition) is 1. The van der Waals surface area contributed by atoms with Crippen molar-refractivity contribution in [1.82, 2.24) is 0 Å². The van der Waals surface area contributed by atoms with Crippen molar-refractivity contribution >= 4 is 0 Å². The third-order valence-corrected chi connectivity index (χ3v) is 6.18. The Morgan fingerprint density at radius 2 is 1.62 bits per heavy atom. The maximum atomic E-state index is 11.4. The summed E-state index contributed by atoms with van der Waals surface area (Å²) in [4.78, 5) is 0. The standard InChI is InChI=1S/C19H33NO/c1-2-9-17-10-8-14-19(21,15-11-17)18(16-20)12-6-4-3-5-7-13-18/h17,21H,2-15H2,1H3. The molecular weight excluding hydrogens is 258 g/mol. The van der Waals surface area contributed by atoms with Gasteiger partial charge >= 0.3 is 0 Å². The summed E-state index contributed by atoms with van der Waals surface area (Å²) < 4.78 is 0. The van der Waals surface area contributed by atoms with E-state index in [9.17, 15) is 10.4 Å². The van der Waals surface area contributed by atoms with E-state index in [4.69, 9.17) is 0 Å². The molecule has 0 saturated heterocycles. The van der Waals surface area contributed by atoms with Gasteiger partial charge in [-0.2, -0.15) is 5.26 Å². The largest absolute Gasteiger partial charge is 0.388 e. The van der Waals surface area contributed by atoms with Gasteiger partial charge in [-0.05, 0) is 38.0 Å². The average molecular weight is 291 g/mol. The summed E-state index contributed by atoms with van der Waals surface area (Å²) in [5, 5.41) is 21.3. The van der Waals surface area contributed by atoms with Gasteiger partial charge in [-0.15, -0.1) is 0 Å². The Hall–Kier alpha value is -0.550. The molecule has 2 atom stereocenters. The van der Waals surface area contributed by atoms with Crippen LogP contribution in [-0.4, -0.2) is 10.7 Å². The zero-order valence-electron chi connectivity index (χ0n) is 13.9. The predicted octanol–water partition coefficient (Wildman–Crippen LogP) is 5.35. The van der Waals surface area contributed by atoms with Crippen LogP contribution in [0.2, 0.25) is 0 Å². The third-order valence-electron chi connectivity index (χ3n) is 6.18. The Balaban J connectivity index is 2.12. The molecule has 0 aromatic heterocycles. The van der Waals surface area contributed by atoms with Crippen LogP contribution in [0.15, 0.2) is 0 Å². The monoisotopic (exact) mass is 291 g/mol. The molecule has 1 N–H and O–H groups in total. The van der Waals surface area contributed by atoms with Crippen LogP contribution in [0.3, 0.4) is 0 Å². The Bertz CT molecular complexity index is 351. The fourth-order valence-corrected chi connectivity index (χ4v) is 4.76. The van der Waals surface area contributed by atoms with E-state index in [0.717, 1.165) is 57.3 Å². The van der Waals surface area contributed by atoms with Crippen molar-refractivity contribution in [2.45, 2.75) is 102 Å². The van der Waals surface area contributed by atoms with Crippen molar-refractivity contribution in [2.75, 3.05) is 0 Å². The molecule has 2 unspecified atom stereocenters. The van der Waals surface area contributed by atoms with Crippen molar-refractivity contribution in [2.24, 2.45) is 11.3 Å². The number of nitrogens with zero attached hydrogens (tertiary/aromatic N) is 1. The van der Waals surface area contributed by atoms with E-state index in [2.05, 4.69) is 13.0 Å². The Labute approximate surface area is 130 Å². The molecule has 2 fully saturated rings. The number of nitriles is 1. The van der Waals surface area contributed by atoms with Gasteiger partial charge < -0.3 is 5.11 Å². The van der Waals surface area contributed by atoms with Crippen LogP contribution < -0.4 is 0 Å². The minimum absolute atomic E-state index is 0.464. The molecule has 0 radical (unpaired) electrons. The first-order valence-corrected chi connectivity index (χ1v) is 9.29. The SMILES string of the molecule is CCCC1CCCC(O)(C2(C#N)CCCCCCC2)CC1. The van der Waals surface area contributed by atoms with Gasteiger partial charge in [0.15, 0.2) is 0 Å². The fraction of sp³-hybridized carbons (Fsp3) is 0.947. The van der Waals surface area contributed by atoms with Crippen LogP contribution in [-0.2, 0) is 0 Å². The summed E-state index contributed by atoms with van der Waals surface area (Å²) >= 11 is 0. The first-order chi connectivity index (χ1) is 10.2. The highest BCUT2D eigenvalue weighted by molar-refractivity contribution is 5.12. The Kier molecular flexibility index (Phi) is 6.11. The van der Waals surface area contributed by atoms with Crippen molar-refractivity contribution in [3.05, 3.63) is 0 Å². The van der Waals surface area contributed by atoms with Crippen LogP contribution >= 0.6 is 0 Å². The minimum atomic E-state index is -0.721. The van der Waals surface area contributed by atoms with Gasteiger partial charge in [0, 0.05) is 0 Å². The number of hydrogen-bond acceptors (Lipinski definition) is 2. The van der Waals surface area contributed by atoms with Crippen molar-refractivity contribution in [3.63, 3.8) is 0 Å². The average Bonchev–Trinajstić information content (AvgIpc) is 2.63. The Morgan fingerprint density at radius 1 is 0.952 bits per heavy atom. The van der Waals surface area contributed by atoms with Gasteiger partial charge in [-0.3, -0.25) is 0 Å². The highest BCUT2D eigenvalue weighted by atomic mass is 16.3. The van der Waals surface area contributed by atoms with Crippen molar-refractivity contribution in [3.8, 4) is 6.07 Å². The summed E-state index contributed by atoms with van der Waals surface area (Å²) in [6.07, 6.45) is 15.5. The molecule has 2 rings (SSSR count). The molecule has 2 nitrogen and oxygen atoms in total. The van der Waals surface area contributed by atoms with E-state index in [1.807, 2.05) is 0 Å². The molecule has 0 spiro atoms. The van der Waals surface area contributed by atoms with Crippen LogP contribution in [0.4, 0.5) is 0 Å². The van der Waals surface area contributed by atoms with Crippen LogP contribution in [0.1, 0.15) is 96.8 Å². The molecule has 0 bridgehead atoms. The second kappa shape index (κ2) is 7.63. The second-order valence-corrected chi connectivity index (χ2v) is 7.58. The lowest BCUT2D eigenvalue weighted by Crippen LogP contribution is -2.47. The smallest absolute Gasteiger partial charge is 0.0860 e. The normalized spacial score (nSPS) is 34.2. The molecule has 0 heterocycles. The van der Waals surface area contributed by atoms with Gasteiger partial charge in [0.25, 0.3) is 0 Å². The molecule has 2 saturated carbocycles. The quantitative estimate of drug-likeness (QED) is 0.712. The summed E-state index contributed by atoms with van der Waals surface area (Å²) in [6.45, 7) is 2.25. The predicted molar refractivity (Wildman–Crippen MR) is 86.8 cm³/mol. The zero-order chi connectivity index (χ0) is 15.2. The zero-order valence-corrected chi connectivity index (χ0v) is 13.9.